The van der Waals surface area contributed by atoms with Crippen molar-refractivity contribution in [2.45, 2.75) is 52.8 Å². The van der Waals surface area contributed by atoms with Gasteiger partial charge in [0.15, 0.2) is 0 Å². The number of hydrogen-bond donors (Lipinski definition) is 1. The van der Waals surface area contributed by atoms with Crippen LogP contribution in [0, 0.1) is 0 Å². The fraction of sp³-hybridized carbons (Fsp3) is 0.500. The van der Waals surface area contributed by atoms with E-state index in [1.165, 1.54) is 0 Å². The lowest BCUT2D eigenvalue weighted by Crippen LogP contribution is -2.10. The SMILES string of the molecule is CCC(C)n1ccc(CNc2cccnc2OC(C)C)n1. The van der Waals surface area contributed by atoms with Gasteiger partial charge in [-0.15, -0.1) is 0 Å². The van der Waals surface area contributed by atoms with Gasteiger partial charge in [0.2, 0.25) is 5.88 Å². The standard InChI is InChI=1S/C16H24N4O/c1-5-13(4)20-10-8-14(19-20)11-18-15-7-6-9-17-16(15)21-12(2)3/h6-10,12-13,18H,5,11H2,1-4H3. The highest BCUT2D eigenvalue weighted by Crippen LogP contribution is 2.22. The molecule has 0 saturated carbocycles. The Morgan fingerprint density at radius 1 is 1.29 bits per heavy atom. The Hall–Kier alpha value is -2.04. The summed E-state index contributed by atoms with van der Waals surface area (Å²) in [5.41, 5.74) is 1.90. The number of nitrogens with one attached hydrogen (secondary N) is 1. The van der Waals surface area contributed by atoms with Crippen LogP contribution < -0.4 is 10.1 Å². The first kappa shape index (κ1) is 15.4. The lowest BCUT2D eigenvalue weighted by molar-refractivity contribution is 0.234. The van der Waals surface area contributed by atoms with Crippen molar-refractivity contribution in [1.29, 1.82) is 0 Å². The van der Waals surface area contributed by atoms with Crippen LogP contribution in [0.2, 0.25) is 0 Å². The van der Waals surface area contributed by atoms with Crippen LogP contribution in [0.1, 0.15) is 45.9 Å². The van der Waals surface area contributed by atoms with E-state index < -0.39 is 0 Å². The third-order valence-electron chi connectivity index (χ3n) is 3.28. The second kappa shape index (κ2) is 7.11. The zero-order chi connectivity index (χ0) is 15.2. The highest BCUT2D eigenvalue weighted by atomic mass is 16.5. The molecule has 0 aliphatic rings. The third kappa shape index (κ3) is 4.21. The van der Waals surface area contributed by atoms with Gasteiger partial charge < -0.3 is 10.1 Å². The summed E-state index contributed by atoms with van der Waals surface area (Å²) in [7, 11) is 0. The molecule has 21 heavy (non-hydrogen) atoms. The number of hydrogen-bond acceptors (Lipinski definition) is 4. The second-order valence-electron chi connectivity index (χ2n) is 5.42. The summed E-state index contributed by atoms with van der Waals surface area (Å²) in [6.07, 6.45) is 4.94. The summed E-state index contributed by atoms with van der Waals surface area (Å²) in [5.74, 6) is 0.633. The highest BCUT2D eigenvalue weighted by molar-refractivity contribution is 5.52. The van der Waals surface area contributed by atoms with E-state index in [-0.39, 0.29) is 6.10 Å². The first-order valence-corrected chi connectivity index (χ1v) is 7.49. The van der Waals surface area contributed by atoms with Crippen molar-refractivity contribution in [3.05, 3.63) is 36.3 Å². The fourth-order valence-corrected chi connectivity index (χ4v) is 1.93. The minimum Gasteiger partial charge on any atom is -0.473 e. The van der Waals surface area contributed by atoms with Gasteiger partial charge in [-0.2, -0.15) is 5.10 Å². The molecule has 0 radical (unpaired) electrons. The molecular formula is C16H24N4O. The largest absolute Gasteiger partial charge is 0.473 e. The van der Waals surface area contributed by atoms with Crippen LogP contribution in [0.4, 0.5) is 5.69 Å². The van der Waals surface area contributed by atoms with E-state index in [4.69, 9.17) is 4.74 Å². The molecule has 2 aromatic rings. The van der Waals surface area contributed by atoms with E-state index in [0.717, 1.165) is 17.8 Å². The van der Waals surface area contributed by atoms with Crippen LogP contribution in [0.5, 0.6) is 5.88 Å². The van der Waals surface area contributed by atoms with E-state index in [1.807, 2.05) is 42.9 Å². The molecule has 1 unspecified atom stereocenters. The number of rotatable bonds is 7. The molecular weight excluding hydrogens is 264 g/mol. The van der Waals surface area contributed by atoms with E-state index >= 15 is 0 Å². The molecule has 5 heteroatoms. The molecule has 2 heterocycles. The Labute approximate surface area is 126 Å². The maximum absolute atomic E-state index is 5.70. The van der Waals surface area contributed by atoms with Crippen molar-refractivity contribution in [3.8, 4) is 5.88 Å². The van der Waals surface area contributed by atoms with Gasteiger partial charge in [0.05, 0.1) is 24.0 Å². The van der Waals surface area contributed by atoms with E-state index in [0.29, 0.717) is 18.5 Å². The molecule has 0 aliphatic heterocycles. The number of pyridine rings is 1. The first-order chi connectivity index (χ1) is 10.1. The van der Waals surface area contributed by atoms with Gasteiger partial charge in [0.25, 0.3) is 0 Å². The van der Waals surface area contributed by atoms with Gasteiger partial charge in [-0.3, -0.25) is 4.68 Å². The van der Waals surface area contributed by atoms with Crippen molar-refractivity contribution in [2.24, 2.45) is 0 Å². The summed E-state index contributed by atoms with van der Waals surface area (Å²) in [6, 6.07) is 6.33. The number of aromatic nitrogens is 3. The van der Waals surface area contributed by atoms with Gasteiger partial charge >= 0.3 is 0 Å². The number of nitrogens with zero attached hydrogens (tertiary/aromatic N) is 3. The van der Waals surface area contributed by atoms with Crippen LogP contribution in [0.25, 0.3) is 0 Å². The number of ether oxygens (including phenoxy) is 1. The van der Waals surface area contributed by atoms with Gasteiger partial charge in [0.1, 0.15) is 0 Å². The van der Waals surface area contributed by atoms with Crippen LogP contribution >= 0.6 is 0 Å². The molecule has 0 spiro atoms. The molecule has 0 amide bonds. The van der Waals surface area contributed by atoms with Crippen molar-refractivity contribution in [1.82, 2.24) is 14.8 Å². The topological polar surface area (TPSA) is 52.0 Å². The summed E-state index contributed by atoms with van der Waals surface area (Å²) >= 11 is 0. The minimum absolute atomic E-state index is 0.102. The van der Waals surface area contributed by atoms with Crippen molar-refractivity contribution >= 4 is 5.69 Å². The predicted octanol–water partition coefficient (Wildman–Crippen LogP) is 3.65. The Bertz CT molecular complexity index is 565. The smallest absolute Gasteiger partial charge is 0.237 e. The lowest BCUT2D eigenvalue weighted by Gasteiger charge is -2.13. The van der Waals surface area contributed by atoms with Crippen LogP contribution in [0.15, 0.2) is 30.6 Å². The second-order valence-corrected chi connectivity index (χ2v) is 5.42. The first-order valence-electron chi connectivity index (χ1n) is 7.49. The van der Waals surface area contributed by atoms with Crippen LogP contribution in [0.3, 0.4) is 0 Å². The van der Waals surface area contributed by atoms with Gasteiger partial charge in [0, 0.05) is 18.4 Å². The Morgan fingerprint density at radius 3 is 2.81 bits per heavy atom. The fourth-order valence-electron chi connectivity index (χ4n) is 1.93. The molecule has 0 aromatic carbocycles. The van der Waals surface area contributed by atoms with Crippen molar-refractivity contribution in [3.63, 3.8) is 0 Å². The summed E-state index contributed by atoms with van der Waals surface area (Å²) < 4.78 is 7.70. The normalized spacial score (nSPS) is 12.4. The van der Waals surface area contributed by atoms with Gasteiger partial charge in [-0.25, -0.2) is 4.98 Å². The Morgan fingerprint density at radius 2 is 2.10 bits per heavy atom. The highest BCUT2D eigenvalue weighted by Gasteiger charge is 2.08. The van der Waals surface area contributed by atoms with Crippen LogP contribution in [-0.2, 0) is 6.54 Å². The third-order valence-corrected chi connectivity index (χ3v) is 3.28. The maximum atomic E-state index is 5.70. The molecule has 0 fully saturated rings. The molecule has 2 rings (SSSR count). The molecule has 0 bridgehead atoms. The van der Waals surface area contributed by atoms with E-state index in [9.17, 15) is 0 Å². The Kier molecular flexibility index (Phi) is 5.20. The summed E-state index contributed by atoms with van der Waals surface area (Å²) in [5, 5.41) is 7.92. The lowest BCUT2D eigenvalue weighted by atomic mass is 10.3. The van der Waals surface area contributed by atoms with E-state index in [2.05, 4.69) is 29.2 Å². The summed E-state index contributed by atoms with van der Waals surface area (Å²) in [4.78, 5) is 4.27. The van der Waals surface area contributed by atoms with Crippen LogP contribution in [-0.4, -0.2) is 20.9 Å². The average molecular weight is 288 g/mol. The van der Waals surface area contributed by atoms with Gasteiger partial charge in [-0.1, -0.05) is 6.92 Å². The Balaban J connectivity index is 2.01. The van der Waals surface area contributed by atoms with Crippen molar-refractivity contribution < 1.29 is 4.74 Å². The van der Waals surface area contributed by atoms with Gasteiger partial charge in [-0.05, 0) is 45.4 Å². The zero-order valence-corrected chi connectivity index (χ0v) is 13.2. The molecule has 5 nitrogen and oxygen atoms in total. The molecule has 1 atom stereocenters. The average Bonchev–Trinajstić information content (AvgIpc) is 2.94. The van der Waals surface area contributed by atoms with Crippen molar-refractivity contribution in [2.75, 3.05) is 5.32 Å². The molecule has 0 aliphatic carbocycles. The monoisotopic (exact) mass is 288 g/mol. The molecule has 2 aromatic heterocycles. The summed E-state index contributed by atoms with van der Waals surface area (Å²) in [6.45, 7) is 8.97. The molecule has 0 saturated heterocycles. The predicted molar refractivity (Wildman–Crippen MR) is 84.6 cm³/mol. The molecule has 114 valence electrons. The number of anilines is 1. The zero-order valence-electron chi connectivity index (χ0n) is 13.2. The van der Waals surface area contributed by atoms with E-state index in [1.54, 1.807) is 6.20 Å². The minimum atomic E-state index is 0.102. The molecule has 1 N–H and O–H groups in total. The maximum Gasteiger partial charge on any atom is 0.237 e. The quantitative estimate of drug-likeness (QED) is 0.845.